The lowest BCUT2D eigenvalue weighted by molar-refractivity contribution is 0.414. The third-order valence-electron chi connectivity index (χ3n) is 3.52. The second-order valence-electron chi connectivity index (χ2n) is 5.41. The smallest absolute Gasteiger partial charge is 0.191 e. The lowest BCUT2D eigenvalue weighted by Gasteiger charge is -2.11. The van der Waals surface area contributed by atoms with Gasteiger partial charge in [-0.05, 0) is 42.7 Å². The summed E-state index contributed by atoms with van der Waals surface area (Å²) in [7, 11) is 3.70. The molecule has 1 heterocycles. The van der Waals surface area contributed by atoms with Gasteiger partial charge in [-0.3, -0.25) is 0 Å². The first kappa shape index (κ1) is 20.3. The van der Waals surface area contributed by atoms with Crippen LogP contribution in [-0.2, 0) is 20.0 Å². The largest absolute Gasteiger partial charge is 0.497 e. The molecule has 0 aliphatic rings. The van der Waals surface area contributed by atoms with Crippen LogP contribution in [0.2, 0.25) is 0 Å². The van der Waals surface area contributed by atoms with Crippen LogP contribution in [0.15, 0.2) is 47.7 Å². The molecule has 132 valence electrons. The molecule has 1 aromatic carbocycles. The van der Waals surface area contributed by atoms with Crippen molar-refractivity contribution in [2.24, 2.45) is 12.0 Å². The standard InChI is InChI=1S/C18H26N4O.HI/c1-4-19-18(21-13-16-10-12-22(2)14-16)20-11-9-15-5-7-17(23-3)8-6-15;/h5-8,10,12,14H,4,9,11,13H2,1-3H3,(H2,19,20,21);1H. The fourth-order valence-corrected chi connectivity index (χ4v) is 2.28. The summed E-state index contributed by atoms with van der Waals surface area (Å²) in [5.74, 6) is 1.74. The summed E-state index contributed by atoms with van der Waals surface area (Å²) >= 11 is 0. The summed E-state index contributed by atoms with van der Waals surface area (Å²) in [5, 5.41) is 6.65. The van der Waals surface area contributed by atoms with Gasteiger partial charge < -0.3 is 19.9 Å². The first-order chi connectivity index (χ1) is 11.2. The Bertz CT molecular complexity index is 622. The third-order valence-corrected chi connectivity index (χ3v) is 3.52. The van der Waals surface area contributed by atoms with E-state index >= 15 is 0 Å². The summed E-state index contributed by atoms with van der Waals surface area (Å²) in [5.41, 5.74) is 2.48. The molecule has 0 atom stereocenters. The van der Waals surface area contributed by atoms with Gasteiger partial charge in [-0.1, -0.05) is 12.1 Å². The highest BCUT2D eigenvalue weighted by Gasteiger charge is 1.99. The van der Waals surface area contributed by atoms with Gasteiger partial charge in [0.2, 0.25) is 0 Å². The molecule has 2 rings (SSSR count). The van der Waals surface area contributed by atoms with E-state index in [0.29, 0.717) is 6.54 Å². The molecule has 2 aromatic rings. The van der Waals surface area contributed by atoms with Crippen molar-refractivity contribution in [3.8, 4) is 5.75 Å². The van der Waals surface area contributed by atoms with E-state index in [1.54, 1.807) is 7.11 Å². The molecule has 0 saturated heterocycles. The fraction of sp³-hybridized carbons (Fsp3) is 0.389. The average molecular weight is 442 g/mol. The van der Waals surface area contributed by atoms with Crippen molar-refractivity contribution in [2.45, 2.75) is 19.9 Å². The SMILES string of the molecule is CCNC(=NCc1ccn(C)c1)NCCc1ccc(OC)cc1.I. The van der Waals surface area contributed by atoms with Gasteiger partial charge in [0.1, 0.15) is 5.75 Å². The molecule has 0 aliphatic carbocycles. The Morgan fingerprint density at radius 1 is 1.12 bits per heavy atom. The summed E-state index contributed by atoms with van der Waals surface area (Å²) in [6.45, 7) is 4.44. The van der Waals surface area contributed by atoms with Crippen molar-refractivity contribution in [1.82, 2.24) is 15.2 Å². The Hall–Kier alpha value is -1.70. The van der Waals surface area contributed by atoms with E-state index in [4.69, 9.17) is 4.74 Å². The van der Waals surface area contributed by atoms with Gasteiger partial charge >= 0.3 is 0 Å². The van der Waals surface area contributed by atoms with Gasteiger partial charge in [-0.15, -0.1) is 24.0 Å². The molecule has 0 saturated carbocycles. The van der Waals surface area contributed by atoms with Crippen molar-refractivity contribution in [3.05, 3.63) is 53.9 Å². The number of nitrogens with zero attached hydrogens (tertiary/aromatic N) is 2. The molecule has 0 amide bonds. The van der Waals surface area contributed by atoms with E-state index in [2.05, 4.69) is 46.9 Å². The minimum atomic E-state index is 0. The number of aromatic nitrogens is 1. The number of aliphatic imine (C=N–C) groups is 1. The van der Waals surface area contributed by atoms with Crippen molar-refractivity contribution in [1.29, 1.82) is 0 Å². The number of nitrogens with one attached hydrogen (secondary N) is 2. The first-order valence-corrected chi connectivity index (χ1v) is 7.97. The summed E-state index contributed by atoms with van der Waals surface area (Å²) in [6, 6.07) is 10.3. The molecule has 0 fully saturated rings. The highest BCUT2D eigenvalue weighted by atomic mass is 127. The van der Waals surface area contributed by atoms with Crippen LogP contribution < -0.4 is 15.4 Å². The van der Waals surface area contributed by atoms with E-state index in [0.717, 1.165) is 31.2 Å². The Morgan fingerprint density at radius 2 is 1.88 bits per heavy atom. The average Bonchev–Trinajstić information content (AvgIpc) is 2.99. The van der Waals surface area contributed by atoms with Gasteiger partial charge in [0.25, 0.3) is 0 Å². The van der Waals surface area contributed by atoms with Gasteiger partial charge in [0.15, 0.2) is 5.96 Å². The van der Waals surface area contributed by atoms with Crippen molar-refractivity contribution in [2.75, 3.05) is 20.2 Å². The Labute approximate surface area is 161 Å². The number of hydrogen-bond acceptors (Lipinski definition) is 2. The minimum Gasteiger partial charge on any atom is -0.497 e. The zero-order valence-corrected chi connectivity index (χ0v) is 16.9. The highest BCUT2D eigenvalue weighted by molar-refractivity contribution is 14.0. The third kappa shape index (κ3) is 6.82. The van der Waals surface area contributed by atoms with E-state index in [9.17, 15) is 0 Å². The number of guanidine groups is 1. The Kier molecular flexibility index (Phi) is 9.29. The number of hydrogen-bond donors (Lipinski definition) is 2. The van der Waals surface area contributed by atoms with E-state index in [1.807, 2.05) is 29.9 Å². The molecule has 5 nitrogen and oxygen atoms in total. The topological polar surface area (TPSA) is 50.6 Å². The van der Waals surface area contributed by atoms with Crippen LogP contribution in [0.25, 0.3) is 0 Å². The van der Waals surface area contributed by atoms with Crippen LogP contribution in [0.5, 0.6) is 5.75 Å². The molecule has 0 unspecified atom stereocenters. The van der Waals surface area contributed by atoms with Crippen LogP contribution in [0.4, 0.5) is 0 Å². The monoisotopic (exact) mass is 442 g/mol. The molecule has 2 N–H and O–H groups in total. The minimum absolute atomic E-state index is 0. The molecule has 0 bridgehead atoms. The summed E-state index contributed by atoms with van der Waals surface area (Å²) in [6.07, 6.45) is 5.07. The predicted octanol–water partition coefficient (Wildman–Crippen LogP) is 2.95. The van der Waals surface area contributed by atoms with Crippen molar-refractivity contribution in [3.63, 3.8) is 0 Å². The maximum Gasteiger partial charge on any atom is 0.191 e. The molecule has 0 spiro atoms. The summed E-state index contributed by atoms with van der Waals surface area (Å²) < 4.78 is 7.21. The van der Waals surface area contributed by atoms with E-state index in [-0.39, 0.29) is 24.0 Å². The lowest BCUT2D eigenvalue weighted by Crippen LogP contribution is -2.38. The predicted molar refractivity (Wildman–Crippen MR) is 110 cm³/mol. The number of halogens is 1. The van der Waals surface area contributed by atoms with Gasteiger partial charge in [0, 0.05) is 32.5 Å². The molecule has 6 heteroatoms. The zero-order valence-electron chi connectivity index (χ0n) is 14.6. The Balaban J connectivity index is 0.00000288. The van der Waals surface area contributed by atoms with E-state index in [1.165, 1.54) is 11.1 Å². The van der Waals surface area contributed by atoms with Crippen LogP contribution in [0, 0.1) is 0 Å². The maximum atomic E-state index is 5.17. The van der Waals surface area contributed by atoms with Gasteiger partial charge in [-0.25, -0.2) is 4.99 Å². The van der Waals surface area contributed by atoms with E-state index < -0.39 is 0 Å². The number of benzene rings is 1. The second-order valence-corrected chi connectivity index (χ2v) is 5.41. The molecule has 1 aromatic heterocycles. The zero-order chi connectivity index (χ0) is 16.5. The molecule has 0 aliphatic heterocycles. The molecular formula is C18H27IN4O. The number of rotatable bonds is 7. The van der Waals surface area contributed by atoms with Crippen molar-refractivity contribution < 1.29 is 4.74 Å². The Morgan fingerprint density at radius 3 is 2.46 bits per heavy atom. The van der Waals surface area contributed by atoms with Crippen LogP contribution in [-0.4, -0.2) is 30.7 Å². The number of ether oxygens (including phenoxy) is 1. The molecule has 0 radical (unpaired) electrons. The highest BCUT2D eigenvalue weighted by Crippen LogP contribution is 2.11. The van der Waals surface area contributed by atoms with Crippen LogP contribution in [0.3, 0.4) is 0 Å². The number of methoxy groups -OCH3 is 1. The molecule has 24 heavy (non-hydrogen) atoms. The lowest BCUT2D eigenvalue weighted by atomic mass is 10.1. The van der Waals surface area contributed by atoms with Gasteiger partial charge in [-0.2, -0.15) is 0 Å². The van der Waals surface area contributed by atoms with Crippen LogP contribution >= 0.6 is 24.0 Å². The first-order valence-electron chi connectivity index (χ1n) is 7.97. The fourth-order valence-electron chi connectivity index (χ4n) is 2.28. The van der Waals surface area contributed by atoms with Gasteiger partial charge in [0.05, 0.1) is 13.7 Å². The van der Waals surface area contributed by atoms with Crippen LogP contribution in [0.1, 0.15) is 18.1 Å². The van der Waals surface area contributed by atoms with Crippen molar-refractivity contribution >= 4 is 29.9 Å². The molecular weight excluding hydrogens is 415 g/mol. The second kappa shape index (κ2) is 11.0. The summed E-state index contributed by atoms with van der Waals surface area (Å²) in [4.78, 5) is 4.62. The normalized spacial score (nSPS) is 10.9. The maximum absolute atomic E-state index is 5.17. The number of aryl methyl sites for hydroxylation is 1. The quantitative estimate of drug-likeness (QED) is 0.394.